The molecule has 0 aromatic carbocycles. The van der Waals surface area contributed by atoms with Crippen LogP contribution in [0.4, 0.5) is 11.9 Å². The molecule has 0 bridgehead atoms. The van der Waals surface area contributed by atoms with Crippen LogP contribution in [0.1, 0.15) is 13.8 Å². The molecule has 1 saturated heterocycles. The van der Waals surface area contributed by atoms with Crippen molar-refractivity contribution in [1.82, 2.24) is 25.1 Å². The molecule has 3 rings (SSSR count). The number of hydrogen-bond donors (Lipinski definition) is 2. The fourth-order valence-electron chi connectivity index (χ4n) is 2.58. The van der Waals surface area contributed by atoms with E-state index < -0.39 is 0 Å². The molecule has 7 heteroatoms. The summed E-state index contributed by atoms with van der Waals surface area (Å²) in [6, 6.07) is 6.43. The zero-order chi connectivity index (χ0) is 14.1. The second kappa shape index (κ2) is 5.09. The maximum Gasteiger partial charge on any atom is 0.247 e. The van der Waals surface area contributed by atoms with Gasteiger partial charge in [0.05, 0.1) is 0 Å². The molecule has 2 atom stereocenters. The van der Waals surface area contributed by atoms with E-state index in [1.165, 1.54) is 0 Å². The van der Waals surface area contributed by atoms with E-state index in [0.717, 1.165) is 13.1 Å². The number of hydrogen-bond acceptors (Lipinski definition) is 6. The van der Waals surface area contributed by atoms with Crippen LogP contribution >= 0.6 is 0 Å². The van der Waals surface area contributed by atoms with E-state index in [0.29, 0.717) is 29.8 Å². The van der Waals surface area contributed by atoms with Crippen molar-refractivity contribution in [1.29, 1.82) is 0 Å². The summed E-state index contributed by atoms with van der Waals surface area (Å²) < 4.78 is 1.58. The predicted molar refractivity (Wildman–Crippen MR) is 77.8 cm³/mol. The van der Waals surface area contributed by atoms with Gasteiger partial charge in [-0.1, -0.05) is 6.07 Å². The lowest BCUT2D eigenvalue weighted by atomic mass is 10.1. The summed E-state index contributed by atoms with van der Waals surface area (Å²) in [5.74, 6) is 1.70. The first-order chi connectivity index (χ1) is 9.63. The first kappa shape index (κ1) is 12.9. The molecule has 20 heavy (non-hydrogen) atoms. The lowest BCUT2D eigenvalue weighted by Gasteiger charge is -2.35. The number of nitrogens with zero attached hydrogens (tertiary/aromatic N) is 5. The Morgan fingerprint density at radius 3 is 2.65 bits per heavy atom. The Balaban J connectivity index is 1.89. The number of rotatable bonds is 2. The van der Waals surface area contributed by atoms with Gasteiger partial charge in [-0.25, -0.2) is 4.98 Å². The average Bonchev–Trinajstić information content (AvgIpc) is 2.81. The van der Waals surface area contributed by atoms with Gasteiger partial charge in [-0.05, 0) is 26.0 Å². The molecule has 2 aromatic heterocycles. The molecular formula is C13H19N7. The minimum absolute atomic E-state index is 0.359. The van der Waals surface area contributed by atoms with Crippen LogP contribution in [0.5, 0.6) is 0 Å². The van der Waals surface area contributed by atoms with Gasteiger partial charge in [0.1, 0.15) is 0 Å². The minimum Gasteiger partial charge on any atom is -0.368 e. The number of piperazine rings is 1. The molecule has 1 fully saturated rings. The van der Waals surface area contributed by atoms with Crippen molar-refractivity contribution in [2.75, 3.05) is 23.7 Å². The Kier molecular flexibility index (Phi) is 3.27. The van der Waals surface area contributed by atoms with E-state index >= 15 is 0 Å². The molecule has 0 amide bonds. The van der Waals surface area contributed by atoms with Gasteiger partial charge in [0.25, 0.3) is 0 Å². The Morgan fingerprint density at radius 1 is 1.25 bits per heavy atom. The third-order valence-corrected chi connectivity index (χ3v) is 3.33. The van der Waals surface area contributed by atoms with Gasteiger partial charge < -0.3 is 16.0 Å². The van der Waals surface area contributed by atoms with Gasteiger partial charge in [-0.15, -0.1) is 5.10 Å². The molecule has 0 spiro atoms. The van der Waals surface area contributed by atoms with Crippen LogP contribution in [0.3, 0.4) is 0 Å². The zero-order valence-electron chi connectivity index (χ0n) is 11.7. The molecule has 2 aromatic rings. The Hall–Kier alpha value is -2.15. The van der Waals surface area contributed by atoms with Crippen molar-refractivity contribution in [3.05, 3.63) is 24.4 Å². The maximum absolute atomic E-state index is 5.96. The highest BCUT2D eigenvalue weighted by Gasteiger charge is 2.24. The smallest absolute Gasteiger partial charge is 0.247 e. The summed E-state index contributed by atoms with van der Waals surface area (Å²) in [4.78, 5) is 10.8. The van der Waals surface area contributed by atoms with E-state index in [4.69, 9.17) is 5.73 Å². The summed E-state index contributed by atoms with van der Waals surface area (Å²) in [6.07, 6.45) is 1.71. The van der Waals surface area contributed by atoms with Crippen molar-refractivity contribution >= 4 is 11.9 Å². The Labute approximate surface area is 117 Å². The lowest BCUT2D eigenvalue weighted by Crippen LogP contribution is -2.54. The molecule has 1 aliphatic rings. The molecule has 2 unspecified atom stereocenters. The Bertz CT molecular complexity index is 570. The standard InChI is InChI=1S/C13H19N7/c1-9-7-19(8-10(2)16-9)13-17-12(14)20(18-13)11-5-3-4-6-15-11/h3-6,9-10,16H,7-8H2,1-2H3,(H2,14,17,18). The van der Waals surface area contributed by atoms with E-state index in [1.54, 1.807) is 10.9 Å². The van der Waals surface area contributed by atoms with Crippen LogP contribution in [0.2, 0.25) is 0 Å². The Morgan fingerprint density at radius 2 is 2.00 bits per heavy atom. The highest BCUT2D eigenvalue weighted by molar-refractivity contribution is 5.41. The van der Waals surface area contributed by atoms with Crippen LogP contribution in [-0.2, 0) is 0 Å². The van der Waals surface area contributed by atoms with E-state index in [1.807, 2.05) is 18.2 Å². The fraction of sp³-hybridized carbons (Fsp3) is 0.462. The SMILES string of the molecule is CC1CN(c2nc(N)n(-c3ccccn3)n2)CC(C)N1. The molecule has 7 nitrogen and oxygen atoms in total. The van der Waals surface area contributed by atoms with Crippen molar-refractivity contribution in [3.8, 4) is 5.82 Å². The fourth-order valence-corrected chi connectivity index (χ4v) is 2.58. The van der Waals surface area contributed by atoms with Gasteiger partial charge in [-0.2, -0.15) is 9.67 Å². The largest absolute Gasteiger partial charge is 0.368 e. The molecule has 0 saturated carbocycles. The predicted octanol–water partition coefficient (Wildman–Crippen LogP) is 0.431. The second-order valence-electron chi connectivity index (χ2n) is 5.24. The summed E-state index contributed by atoms with van der Waals surface area (Å²) in [5, 5.41) is 7.97. The number of aromatic nitrogens is 4. The molecule has 1 aliphatic heterocycles. The van der Waals surface area contributed by atoms with E-state index in [9.17, 15) is 0 Å². The van der Waals surface area contributed by atoms with E-state index in [2.05, 4.69) is 39.1 Å². The highest BCUT2D eigenvalue weighted by Crippen LogP contribution is 2.17. The van der Waals surface area contributed by atoms with Crippen LogP contribution in [0.25, 0.3) is 5.82 Å². The van der Waals surface area contributed by atoms with Crippen molar-refractivity contribution in [2.24, 2.45) is 0 Å². The third-order valence-electron chi connectivity index (χ3n) is 3.33. The van der Waals surface area contributed by atoms with E-state index in [-0.39, 0.29) is 0 Å². The third kappa shape index (κ3) is 2.44. The highest BCUT2D eigenvalue weighted by atomic mass is 15.5. The summed E-state index contributed by atoms with van der Waals surface area (Å²) in [5.41, 5.74) is 5.96. The molecule has 0 radical (unpaired) electrons. The van der Waals surface area contributed by atoms with Crippen LogP contribution in [-0.4, -0.2) is 44.9 Å². The second-order valence-corrected chi connectivity index (χ2v) is 5.24. The van der Waals surface area contributed by atoms with Gasteiger partial charge in [0.2, 0.25) is 11.9 Å². The van der Waals surface area contributed by atoms with Gasteiger partial charge in [0.15, 0.2) is 5.82 Å². The number of nitrogens with one attached hydrogen (secondary N) is 1. The molecule has 3 N–H and O–H groups in total. The monoisotopic (exact) mass is 273 g/mol. The molecule has 106 valence electrons. The first-order valence-corrected chi connectivity index (χ1v) is 6.78. The van der Waals surface area contributed by atoms with Crippen LogP contribution in [0.15, 0.2) is 24.4 Å². The minimum atomic E-state index is 0.359. The number of pyridine rings is 1. The topological polar surface area (TPSA) is 84.9 Å². The normalized spacial score (nSPS) is 23.0. The lowest BCUT2D eigenvalue weighted by molar-refractivity contribution is 0.403. The number of nitrogen functional groups attached to an aromatic ring is 1. The molecular weight excluding hydrogens is 254 g/mol. The average molecular weight is 273 g/mol. The molecule has 0 aliphatic carbocycles. The van der Waals surface area contributed by atoms with Crippen molar-refractivity contribution < 1.29 is 0 Å². The summed E-state index contributed by atoms with van der Waals surface area (Å²) in [7, 11) is 0. The summed E-state index contributed by atoms with van der Waals surface area (Å²) >= 11 is 0. The maximum atomic E-state index is 5.96. The quantitative estimate of drug-likeness (QED) is 0.825. The van der Waals surface area contributed by atoms with Gasteiger partial charge in [0, 0.05) is 31.4 Å². The molecule has 3 heterocycles. The summed E-state index contributed by atoms with van der Waals surface area (Å²) in [6.45, 7) is 6.05. The zero-order valence-corrected chi connectivity index (χ0v) is 11.7. The van der Waals surface area contributed by atoms with Gasteiger partial charge >= 0.3 is 0 Å². The number of anilines is 2. The van der Waals surface area contributed by atoms with Crippen molar-refractivity contribution in [2.45, 2.75) is 25.9 Å². The number of nitrogens with two attached hydrogens (primary N) is 1. The first-order valence-electron chi connectivity index (χ1n) is 6.78. The van der Waals surface area contributed by atoms with Crippen LogP contribution in [0, 0.1) is 0 Å². The van der Waals surface area contributed by atoms with Gasteiger partial charge in [-0.3, -0.25) is 0 Å². The van der Waals surface area contributed by atoms with Crippen LogP contribution < -0.4 is 16.0 Å². The van der Waals surface area contributed by atoms with Crippen molar-refractivity contribution in [3.63, 3.8) is 0 Å².